The summed E-state index contributed by atoms with van der Waals surface area (Å²) in [5, 5.41) is 11.7. The summed E-state index contributed by atoms with van der Waals surface area (Å²) in [6, 6.07) is 6.48. The van der Waals surface area contributed by atoms with Gasteiger partial charge in [0.2, 0.25) is 0 Å². The maximum atomic E-state index is 5.46. The van der Waals surface area contributed by atoms with E-state index in [0.717, 1.165) is 23.0 Å². The number of anilines is 1. The molecule has 0 spiro atoms. The number of aromatic nitrogens is 2. The first kappa shape index (κ1) is 12.9. The van der Waals surface area contributed by atoms with E-state index in [0.29, 0.717) is 6.04 Å². The van der Waals surface area contributed by atoms with Crippen LogP contribution >= 0.6 is 0 Å². The van der Waals surface area contributed by atoms with Crippen LogP contribution in [-0.2, 0) is 4.74 Å². The predicted octanol–water partition coefficient (Wildman–Crippen LogP) is 3.18. The molecule has 1 heterocycles. The molecular weight excluding hydrogens is 226 g/mol. The molecule has 4 heteroatoms. The minimum Gasteiger partial charge on any atom is -0.381 e. The molecule has 0 radical (unpaired) electrons. The zero-order valence-electron chi connectivity index (χ0n) is 11.4. The van der Waals surface area contributed by atoms with Crippen LogP contribution in [0.2, 0.25) is 0 Å². The topological polar surface area (TPSA) is 49.9 Å². The lowest BCUT2D eigenvalue weighted by atomic mass is 9.99. The van der Waals surface area contributed by atoms with Gasteiger partial charge >= 0.3 is 0 Å². The van der Waals surface area contributed by atoms with Gasteiger partial charge in [0.25, 0.3) is 0 Å². The average Bonchev–Trinajstić information content (AvgIpc) is 2.77. The minimum atomic E-state index is -0.117. The fourth-order valence-electron chi connectivity index (χ4n) is 2.23. The maximum Gasteiger partial charge on any atom is 0.0881 e. The molecule has 2 aromatic rings. The number of methoxy groups -OCH3 is 1. The summed E-state index contributed by atoms with van der Waals surface area (Å²) >= 11 is 0. The number of rotatable bonds is 5. The molecule has 0 aliphatic heterocycles. The van der Waals surface area contributed by atoms with Crippen LogP contribution < -0.4 is 5.32 Å². The Morgan fingerprint density at radius 3 is 2.94 bits per heavy atom. The van der Waals surface area contributed by atoms with Gasteiger partial charge in [-0.1, -0.05) is 12.1 Å². The highest BCUT2D eigenvalue weighted by Gasteiger charge is 2.20. The van der Waals surface area contributed by atoms with Crippen LogP contribution in [0.15, 0.2) is 24.4 Å². The predicted molar refractivity (Wildman–Crippen MR) is 74.9 cm³/mol. The van der Waals surface area contributed by atoms with Crippen molar-refractivity contribution in [1.82, 2.24) is 10.2 Å². The zero-order valence-corrected chi connectivity index (χ0v) is 11.4. The molecule has 2 rings (SSSR count). The average molecular weight is 247 g/mol. The second-order valence-electron chi connectivity index (χ2n) is 5.35. The summed E-state index contributed by atoms with van der Waals surface area (Å²) in [5.74, 6) is 0. The Kier molecular flexibility index (Phi) is 3.57. The molecule has 4 nitrogen and oxygen atoms in total. The molecule has 0 saturated heterocycles. The van der Waals surface area contributed by atoms with Gasteiger partial charge in [0.15, 0.2) is 0 Å². The van der Waals surface area contributed by atoms with Gasteiger partial charge in [0.1, 0.15) is 0 Å². The maximum absolute atomic E-state index is 5.46. The largest absolute Gasteiger partial charge is 0.381 e. The van der Waals surface area contributed by atoms with Gasteiger partial charge in [-0.25, -0.2) is 0 Å². The number of benzene rings is 1. The van der Waals surface area contributed by atoms with Crippen LogP contribution in [0.3, 0.4) is 0 Å². The lowest BCUT2D eigenvalue weighted by Gasteiger charge is -2.27. The molecule has 1 unspecified atom stereocenters. The highest BCUT2D eigenvalue weighted by Crippen LogP contribution is 2.23. The van der Waals surface area contributed by atoms with Crippen molar-refractivity contribution in [3.8, 4) is 0 Å². The van der Waals surface area contributed by atoms with Crippen LogP contribution in [0.4, 0.5) is 5.69 Å². The van der Waals surface area contributed by atoms with Gasteiger partial charge in [-0.05, 0) is 33.3 Å². The highest BCUT2D eigenvalue weighted by atomic mass is 16.5. The third-order valence-electron chi connectivity index (χ3n) is 3.23. The van der Waals surface area contributed by atoms with Crippen LogP contribution in [0.5, 0.6) is 0 Å². The number of nitrogens with zero attached hydrogens (tertiary/aromatic N) is 1. The van der Waals surface area contributed by atoms with E-state index in [9.17, 15) is 0 Å². The van der Waals surface area contributed by atoms with E-state index in [2.05, 4.69) is 42.4 Å². The highest BCUT2D eigenvalue weighted by molar-refractivity contribution is 5.89. The molecule has 0 saturated carbocycles. The standard InChI is InChI=1S/C14H21N3O/c1-10(8-14(2,3)18-4)16-12-7-5-6-11-9-15-17-13(11)12/h5-7,9-10,16H,8H2,1-4H3,(H,15,17). The van der Waals surface area contributed by atoms with Crippen LogP contribution in [0.25, 0.3) is 10.9 Å². The summed E-state index contributed by atoms with van der Waals surface area (Å²) in [7, 11) is 1.75. The Morgan fingerprint density at radius 1 is 1.44 bits per heavy atom. The SMILES string of the molecule is COC(C)(C)CC(C)Nc1cccc2cn[nH]c12. The van der Waals surface area contributed by atoms with E-state index in [4.69, 9.17) is 4.74 Å². The molecule has 2 N–H and O–H groups in total. The number of H-pyrrole nitrogens is 1. The van der Waals surface area contributed by atoms with Gasteiger partial charge in [-0.3, -0.25) is 5.10 Å². The van der Waals surface area contributed by atoms with Gasteiger partial charge in [0.05, 0.1) is 23.0 Å². The fraction of sp³-hybridized carbons (Fsp3) is 0.500. The van der Waals surface area contributed by atoms with E-state index in [1.165, 1.54) is 0 Å². The molecule has 0 aliphatic carbocycles. The van der Waals surface area contributed by atoms with Crippen molar-refractivity contribution in [2.75, 3.05) is 12.4 Å². The summed E-state index contributed by atoms with van der Waals surface area (Å²) < 4.78 is 5.46. The summed E-state index contributed by atoms with van der Waals surface area (Å²) in [4.78, 5) is 0. The van der Waals surface area contributed by atoms with Crippen LogP contribution in [0.1, 0.15) is 27.2 Å². The number of para-hydroxylation sites is 1. The first-order chi connectivity index (χ1) is 8.52. The van der Waals surface area contributed by atoms with Gasteiger partial charge in [-0.15, -0.1) is 0 Å². The molecule has 98 valence electrons. The van der Waals surface area contributed by atoms with Gasteiger partial charge in [-0.2, -0.15) is 5.10 Å². The van der Waals surface area contributed by atoms with Crippen molar-refractivity contribution in [3.05, 3.63) is 24.4 Å². The van der Waals surface area contributed by atoms with E-state index < -0.39 is 0 Å². The van der Waals surface area contributed by atoms with Crippen LogP contribution in [-0.4, -0.2) is 29.0 Å². The third kappa shape index (κ3) is 2.82. The molecular formula is C14H21N3O. The molecule has 0 amide bonds. The Bertz CT molecular complexity index is 518. The number of aromatic amines is 1. The zero-order chi connectivity index (χ0) is 13.2. The molecule has 1 aromatic carbocycles. The Morgan fingerprint density at radius 2 is 2.22 bits per heavy atom. The van der Waals surface area contributed by atoms with Crippen molar-refractivity contribution in [2.24, 2.45) is 0 Å². The molecule has 0 aliphatic rings. The molecule has 1 aromatic heterocycles. The van der Waals surface area contributed by atoms with Crippen LogP contribution in [0, 0.1) is 0 Å². The van der Waals surface area contributed by atoms with E-state index in [1.54, 1.807) is 7.11 Å². The second-order valence-corrected chi connectivity index (χ2v) is 5.35. The van der Waals surface area contributed by atoms with E-state index in [1.807, 2.05) is 18.3 Å². The molecule has 0 bridgehead atoms. The van der Waals surface area contributed by atoms with Crippen molar-refractivity contribution in [1.29, 1.82) is 0 Å². The number of nitrogens with one attached hydrogen (secondary N) is 2. The Labute approximate surface area is 108 Å². The lowest BCUT2D eigenvalue weighted by Crippen LogP contribution is -2.31. The van der Waals surface area contributed by atoms with Gasteiger partial charge in [0, 0.05) is 18.5 Å². The van der Waals surface area contributed by atoms with E-state index >= 15 is 0 Å². The number of hydrogen-bond donors (Lipinski definition) is 2. The first-order valence-corrected chi connectivity index (χ1v) is 6.25. The number of hydrogen-bond acceptors (Lipinski definition) is 3. The Hall–Kier alpha value is -1.55. The second kappa shape index (κ2) is 4.98. The smallest absolute Gasteiger partial charge is 0.0881 e. The minimum absolute atomic E-state index is 0.117. The first-order valence-electron chi connectivity index (χ1n) is 6.25. The number of fused-ring (bicyclic) bond motifs is 1. The quantitative estimate of drug-likeness (QED) is 0.853. The Balaban J connectivity index is 2.11. The molecule has 0 fully saturated rings. The summed E-state index contributed by atoms with van der Waals surface area (Å²) in [6.45, 7) is 6.36. The monoisotopic (exact) mass is 247 g/mol. The summed E-state index contributed by atoms with van der Waals surface area (Å²) in [5.41, 5.74) is 2.03. The van der Waals surface area contributed by atoms with Gasteiger partial charge < -0.3 is 10.1 Å². The lowest BCUT2D eigenvalue weighted by molar-refractivity contribution is 0.0128. The normalized spacial score (nSPS) is 13.8. The van der Waals surface area contributed by atoms with Crippen molar-refractivity contribution < 1.29 is 4.74 Å². The fourth-order valence-corrected chi connectivity index (χ4v) is 2.23. The van der Waals surface area contributed by atoms with Crippen molar-refractivity contribution in [3.63, 3.8) is 0 Å². The molecule has 1 atom stereocenters. The van der Waals surface area contributed by atoms with E-state index in [-0.39, 0.29) is 5.60 Å². The number of ether oxygens (including phenoxy) is 1. The van der Waals surface area contributed by atoms with Crippen molar-refractivity contribution in [2.45, 2.75) is 38.8 Å². The summed E-state index contributed by atoms with van der Waals surface area (Å²) in [6.07, 6.45) is 2.78. The third-order valence-corrected chi connectivity index (χ3v) is 3.23. The van der Waals surface area contributed by atoms with Crippen molar-refractivity contribution >= 4 is 16.6 Å². The molecule has 18 heavy (non-hydrogen) atoms.